The fourth-order valence-electron chi connectivity index (χ4n) is 2.72. The summed E-state index contributed by atoms with van der Waals surface area (Å²) in [4.78, 5) is 11.8. The van der Waals surface area contributed by atoms with E-state index in [1.807, 2.05) is 31.2 Å². The number of aryl methyl sites for hydroxylation is 2. The van der Waals surface area contributed by atoms with E-state index in [1.54, 1.807) is 30.8 Å². The number of benzene rings is 2. The highest BCUT2D eigenvalue weighted by Gasteiger charge is 2.20. The van der Waals surface area contributed by atoms with Gasteiger partial charge in [0.05, 0.1) is 19.0 Å². The Morgan fingerprint density at radius 2 is 1.89 bits per heavy atom. The molecule has 3 aromatic rings. The van der Waals surface area contributed by atoms with Crippen molar-refractivity contribution in [3.05, 3.63) is 64.5 Å². The average molecular weight is 367 g/mol. The van der Waals surface area contributed by atoms with Crippen LogP contribution in [0, 0.1) is 20.8 Å². The number of hydrogen-bond donors (Lipinski definition) is 1. The first kappa shape index (κ1) is 18.4. The number of hydrogen-bond acceptors (Lipinski definition) is 6. The van der Waals surface area contributed by atoms with E-state index in [0.29, 0.717) is 22.6 Å². The largest absolute Gasteiger partial charge is 0.507 e. The molecule has 7 nitrogen and oxygen atoms in total. The third-order valence-corrected chi connectivity index (χ3v) is 4.31. The van der Waals surface area contributed by atoms with Crippen molar-refractivity contribution in [1.82, 2.24) is 15.0 Å². The van der Waals surface area contributed by atoms with Crippen LogP contribution in [0.3, 0.4) is 0 Å². The summed E-state index contributed by atoms with van der Waals surface area (Å²) in [6.07, 6.45) is 1.79. The number of carbonyl (C=O) groups excluding carboxylic acids is 1. The fourth-order valence-corrected chi connectivity index (χ4v) is 2.72. The zero-order valence-electron chi connectivity index (χ0n) is 15.7. The van der Waals surface area contributed by atoms with Crippen LogP contribution >= 0.6 is 0 Å². The lowest BCUT2D eigenvalue weighted by molar-refractivity contribution is 0.0596. The van der Waals surface area contributed by atoms with Gasteiger partial charge in [-0.2, -0.15) is 0 Å². The Bertz CT molecular complexity index is 978. The molecule has 7 heteroatoms. The van der Waals surface area contributed by atoms with Crippen LogP contribution in [0.25, 0.3) is 5.69 Å². The molecule has 0 atom stereocenters. The molecule has 0 bridgehead atoms. The highest BCUT2D eigenvalue weighted by molar-refractivity contribution is 5.95. The third kappa shape index (κ3) is 3.76. The van der Waals surface area contributed by atoms with Gasteiger partial charge in [-0.1, -0.05) is 22.9 Å². The highest BCUT2D eigenvalue weighted by atomic mass is 16.5. The number of rotatable bonds is 5. The molecule has 140 valence electrons. The predicted octanol–water partition coefficient (Wildman–Crippen LogP) is 3.26. The summed E-state index contributed by atoms with van der Waals surface area (Å²) in [7, 11) is 1.28. The smallest absolute Gasteiger partial charge is 0.341 e. The van der Waals surface area contributed by atoms with Gasteiger partial charge in [0, 0.05) is 5.56 Å². The van der Waals surface area contributed by atoms with Crippen LogP contribution in [-0.2, 0) is 11.3 Å². The molecule has 1 N–H and O–H groups in total. The maximum absolute atomic E-state index is 11.8. The Labute approximate surface area is 157 Å². The lowest BCUT2D eigenvalue weighted by Gasteiger charge is -2.14. The average Bonchev–Trinajstić information content (AvgIpc) is 3.13. The van der Waals surface area contributed by atoms with Crippen LogP contribution in [0.15, 0.2) is 36.5 Å². The van der Waals surface area contributed by atoms with Crippen molar-refractivity contribution in [1.29, 1.82) is 0 Å². The zero-order chi connectivity index (χ0) is 19.6. The molecule has 0 aliphatic carbocycles. The molecule has 0 aliphatic heterocycles. The monoisotopic (exact) mass is 367 g/mol. The molecule has 3 rings (SSSR count). The minimum atomic E-state index is -0.583. The van der Waals surface area contributed by atoms with E-state index < -0.39 is 5.97 Å². The van der Waals surface area contributed by atoms with Crippen LogP contribution in [0.4, 0.5) is 0 Å². The van der Waals surface area contributed by atoms with Crippen molar-refractivity contribution in [2.24, 2.45) is 0 Å². The van der Waals surface area contributed by atoms with E-state index in [4.69, 9.17) is 9.47 Å². The Kier molecular flexibility index (Phi) is 5.12. The maximum Gasteiger partial charge on any atom is 0.341 e. The minimum absolute atomic E-state index is 0.139. The van der Waals surface area contributed by atoms with Gasteiger partial charge >= 0.3 is 5.97 Å². The lowest BCUT2D eigenvalue weighted by Crippen LogP contribution is -2.07. The first-order valence-corrected chi connectivity index (χ1v) is 8.43. The molecule has 0 aliphatic rings. The van der Waals surface area contributed by atoms with E-state index in [9.17, 15) is 9.90 Å². The molecule has 2 aromatic carbocycles. The SMILES string of the molecule is COC(=O)c1c(C)cc(OCc2cn(-c3ccc(C)cc3)nn2)c(C)c1O. The quantitative estimate of drug-likeness (QED) is 0.697. The standard InChI is InChI=1S/C20H21N3O4/c1-12-5-7-16(8-6-12)23-10-15(21-22-23)11-27-17-9-13(2)18(20(25)26-4)19(24)14(17)3/h5-10,24H,11H2,1-4H3. The maximum atomic E-state index is 11.8. The number of phenolic OH excluding ortho intramolecular Hbond substituents is 1. The second-order valence-corrected chi connectivity index (χ2v) is 6.31. The van der Waals surface area contributed by atoms with Crippen LogP contribution in [0.5, 0.6) is 11.5 Å². The van der Waals surface area contributed by atoms with Gasteiger partial charge < -0.3 is 14.6 Å². The summed E-state index contributed by atoms with van der Waals surface area (Å²) in [6.45, 7) is 5.60. The van der Waals surface area contributed by atoms with Gasteiger partial charge in [-0.15, -0.1) is 5.10 Å². The molecule has 0 unspecified atom stereocenters. The van der Waals surface area contributed by atoms with Crippen molar-refractivity contribution in [2.45, 2.75) is 27.4 Å². The second-order valence-electron chi connectivity index (χ2n) is 6.31. The topological polar surface area (TPSA) is 86.5 Å². The molecule has 0 saturated heterocycles. The Morgan fingerprint density at radius 3 is 2.56 bits per heavy atom. The number of aromatic hydroxyl groups is 1. The molecule has 0 saturated carbocycles. The summed E-state index contributed by atoms with van der Waals surface area (Å²) in [5, 5.41) is 18.5. The van der Waals surface area contributed by atoms with Crippen LogP contribution in [0.2, 0.25) is 0 Å². The van der Waals surface area contributed by atoms with Crippen molar-refractivity contribution >= 4 is 5.97 Å². The fraction of sp³-hybridized carbons (Fsp3) is 0.250. The van der Waals surface area contributed by atoms with E-state index in [2.05, 4.69) is 10.3 Å². The van der Waals surface area contributed by atoms with Gasteiger partial charge in [0.1, 0.15) is 29.4 Å². The number of nitrogens with zero attached hydrogens (tertiary/aromatic N) is 3. The van der Waals surface area contributed by atoms with Gasteiger partial charge in [-0.3, -0.25) is 0 Å². The number of phenols is 1. The zero-order valence-corrected chi connectivity index (χ0v) is 15.7. The number of aromatic nitrogens is 3. The van der Waals surface area contributed by atoms with Crippen LogP contribution in [-0.4, -0.2) is 33.2 Å². The van der Waals surface area contributed by atoms with Gasteiger partial charge in [0.2, 0.25) is 0 Å². The summed E-state index contributed by atoms with van der Waals surface area (Å²) >= 11 is 0. The van der Waals surface area contributed by atoms with Crippen molar-refractivity contribution in [3.8, 4) is 17.2 Å². The number of carbonyl (C=O) groups is 1. The Balaban J connectivity index is 1.78. The van der Waals surface area contributed by atoms with Crippen LogP contribution < -0.4 is 4.74 Å². The highest BCUT2D eigenvalue weighted by Crippen LogP contribution is 2.34. The van der Waals surface area contributed by atoms with Gasteiger partial charge in [0.25, 0.3) is 0 Å². The summed E-state index contributed by atoms with van der Waals surface area (Å²) in [5.41, 5.74) is 3.90. The van der Waals surface area contributed by atoms with Crippen molar-refractivity contribution in [3.63, 3.8) is 0 Å². The number of methoxy groups -OCH3 is 1. The Hall–Kier alpha value is -3.35. The van der Waals surface area contributed by atoms with E-state index in [-0.39, 0.29) is 17.9 Å². The molecule has 0 radical (unpaired) electrons. The first-order chi connectivity index (χ1) is 12.9. The lowest BCUT2D eigenvalue weighted by atomic mass is 10.0. The van der Waals surface area contributed by atoms with Gasteiger partial charge in [0.15, 0.2) is 0 Å². The summed E-state index contributed by atoms with van der Waals surface area (Å²) < 4.78 is 12.2. The van der Waals surface area contributed by atoms with E-state index in [0.717, 1.165) is 5.69 Å². The minimum Gasteiger partial charge on any atom is -0.507 e. The number of esters is 1. The molecule has 0 amide bonds. The molecular formula is C20H21N3O4. The predicted molar refractivity (Wildman–Crippen MR) is 99.3 cm³/mol. The molecule has 0 fully saturated rings. The number of ether oxygens (including phenoxy) is 2. The van der Waals surface area contributed by atoms with E-state index >= 15 is 0 Å². The first-order valence-electron chi connectivity index (χ1n) is 8.43. The normalized spacial score (nSPS) is 10.7. The molecule has 0 spiro atoms. The van der Waals surface area contributed by atoms with Crippen molar-refractivity contribution < 1.29 is 19.4 Å². The molecule has 27 heavy (non-hydrogen) atoms. The summed E-state index contributed by atoms with van der Waals surface area (Å²) in [6, 6.07) is 9.64. The third-order valence-electron chi connectivity index (χ3n) is 4.31. The molecule has 1 heterocycles. The van der Waals surface area contributed by atoms with Crippen LogP contribution in [0.1, 0.15) is 32.7 Å². The molecule has 1 aromatic heterocycles. The summed E-state index contributed by atoms with van der Waals surface area (Å²) in [5.74, 6) is -0.247. The van der Waals surface area contributed by atoms with E-state index in [1.165, 1.54) is 12.7 Å². The van der Waals surface area contributed by atoms with Gasteiger partial charge in [-0.25, -0.2) is 9.48 Å². The Morgan fingerprint density at radius 1 is 1.19 bits per heavy atom. The van der Waals surface area contributed by atoms with Crippen molar-refractivity contribution in [2.75, 3.05) is 7.11 Å². The van der Waals surface area contributed by atoms with Gasteiger partial charge in [-0.05, 0) is 44.5 Å². The molecular weight excluding hydrogens is 346 g/mol. The second kappa shape index (κ2) is 7.49.